The molecule has 0 spiro atoms. The first kappa shape index (κ1) is 12.7. The van der Waals surface area contributed by atoms with Crippen LogP contribution < -0.4 is 5.32 Å². The van der Waals surface area contributed by atoms with Crippen molar-refractivity contribution in [1.29, 1.82) is 0 Å². The smallest absolute Gasteiger partial charge is 0.306 e. The summed E-state index contributed by atoms with van der Waals surface area (Å²) in [6.45, 7) is 0.287. The quantitative estimate of drug-likeness (QED) is 0.883. The van der Waals surface area contributed by atoms with Crippen LogP contribution >= 0.6 is 0 Å². The fourth-order valence-corrected chi connectivity index (χ4v) is 1.69. The minimum atomic E-state index is -2.55. The van der Waals surface area contributed by atoms with Crippen LogP contribution in [0.5, 0.6) is 0 Å². The lowest BCUT2D eigenvalue weighted by atomic mass is 10.2. The zero-order valence-electron chi connectivity index (χ0n) is 10.3. The molecule has 0 saturated carbocycles. The summed E-state index contributed by atoms with van der Waals surface area (Å²) in [5.41, 5.74) is 2.10. The fourth-order valence-electron chi connectivity index (χ4n) is 1.69. The highest BCUT2D eigenvalue weighted by Gasteiger charge is 2.11. The molecule has 0 radical (unpaired) electrons. The summed E-state index contributed by atoms with van der Waals surface area (Å²) < 4.78 is 27.7. The molecule has 5 nitrogen and oxygen atoms in total. The molecular formula is C11H15F2N5. The maximum atomic E-state index is 12.6. The highest BCUT2D eigenvalue weighted by Crippen LogP contribution is 2.12. The van der Waals surface area contributed by atoms with Crippen molar-refractivity contribution in [2.75, 3.05) is 0 Å². The Morgan fingerprint density at radius 3 is 2.78 bits per heavy atom. The van der Waals surface area contributed by atoms with Crippen molar-refractivity contribution >= 4 is 0 Å². The average Bonchev–Trinajstić information content (AvgIpc) is 2.91. The van der Waals surface area contributed by atoms with Gasteiger partial charge in [0, 0.05) is 37.2 Å². The summed E-state index contributed by atoms with van der Waals surface area (Å²) in [6, 6.07) is 0. The van der Waals surface area contributed by atoms with Gasteiger partial charge >= 0.3 is 6.55 Å². The van der Waals surface area contributed by atoms with Crippen LogP contribution in [-0.2, 0) is 20.1 Å². The van der Waals surface area contributed by atoms with E-state index in [-0.39, 0.29) is 0 Å². The second kappa shape index (κ2) is 5.26. The molecule has 2 aromatic rings. The van der Waals surface area contributed by atoms with E-state index < -0.39 is 6.55 Å². The summed E-state index contributed by atoms with van der Waals surface area (Å²) in [5.74, 6) is 0.326. The molecule has 0 unspecified atom stereocenters. The van der Waals surface area contributed by atoms with Gasteiger partial charge in [-0.25, -0.2) is 4.98 Å². The van der Waals surface area contributed by atoms with Crippen LogP contribution in [0.1, 0.15) is 23.6 Å². The van der Waals surface area contributed by atoms with Crippen LogP contribution in [0.15, 0.2) is 18.6 Å². The van der Waals surface area contributed by atoms with Crippen LogP contribution in [-0.4, -0.2) is 19.3 Å². The molecule has 2 aromatic heterocycles. The second-order valence-electron chi connectivity index (χ2n) is 4.01. The van der Waals surface area contributed by atoms with Crippen LogP contribution in [0, 0.1) is 6.92 Å². The molecule has 0 saturated heterocycles. The van der Waals surface area contributed by atoms with Gasteiger partial charge in [-0.05, 0) is 6.92 Å². The zero-order valence-corrected chi connectivity index (χ0v) is 10.3. The van der Waals surface area contributed by atoms with E-state index in [2.05, 4.69) is 15.4 Å². The maximum Gasteiger partial charge on any atom is 0.319 e. The van der Waals surface area contributed by atoms with Crippen molar-refractivity contribution < 1.29 is 8.78 Å². The number of nitrogens with zero attached hydrogens (tertiary/aromatic N) is 4. The summed E-state index contributed by atoms with van der Waals surface area (Å²) in [5, 5.41) is 7.20. The summed E-state index contributed by atoms with van der Waals surface area (Å²) in [6.07, 6.45) is 4.41. The molecule has 18 heavy (non-hydrogen) atoms. The Morgan fingerprint density at radius 1 is 1.39 bits per heavy atom. The van der Waals surface area contributed by atoms with Crippen LogP contribution in [0.25, 0.3) is 0 Å². The number of hydrogen-bond acceptors (Lipinski definition) is 3. The predicted octanol–water partition coefficient (Wildman–Crippen LogP) is 1.61. The van der Waals surface area contributed by atoms with Crippen LogP contribution in [0.4, 0.5) is 8.78 Å². The number of hydrogen-bond donors (Lipinski definition) is 1. The SMILES string of the molecule is Cc1c(CNCc2nccn2C(F)F)cnn1C. The van der Waals surface area contributed by atoms with E-state index in [1.165, 1.54) is 12.4 Å². The summed E-state index contributed by atoms with van der Waals surface area (Å²) in [4.78, 5) is 3.90. The average molecular weight is 255 g/mol. The highest BCUT2D eigenvalue weighted by molar-refractivity contribution is 5.15. The number of imidazole rings is 1. The standard InChI is InChI=1S/C11H15F2N5/c1-8-9(6-16-17(8)2)5-14-7-10-15-3-4-18(10)11(12)13/h3-4,6,11,14H,5,7H2,1-2H3. The Balaban J connectivity index is 1.92. The van der Waals surface area contributed by atoms with E-state index in [1.54, 1.807) is 10.9 Å². The molecule has 2 heterocycles. The molecule has 0 amide bonds. The van der Waals surface area contributed by atoms with Gasteiger partial charge in [0.2, 0.25) is 0 Å². The molecule has 0 fully saturated rings. The first-order chi connectivity index (χ1) is 8.59. The predicted molar refractivity (Wildman–Crippen MR) is 62.0 cm³/mol. The zero-order chi connectivity index (χ0) is 13.1. The van der Waals surface area contributed by atoms with Gasteiger partial charge in [0.05, 0.1) is 12.7 Å². The fraction of sp³-hybridized carbons (Fsp3) is 0.455. The lowest BCUT2D eigenvalue weighted by molar-refractivity contribution is 0.0666. The molecule has 7 heteroatoms. The molecular weight excluding hydrogens is 240 g/mol. The monoisotopic (exact) mass is 255 g/mol. The molecule has 0 aromatic carbocycles. The van der Waals surface area contributed by atoms with E-state index >= 15 is 0 Å². The lowest BCUT2D eigenvalue weighted by Gasteiger charge is -2.07. The van der Waals surface area contributed by atoms with Crippen LogP contribution in [0.2, 0.25) is 0 Å². The van der Waals surface area contributed by atoms with Crippen molar-refractivity contribution in [3.8, 4) is 0 Å². The van der Waals surface area contributed by atoms with Gasteiger partial charge in [0.1, 0.15) is 5.82 Å². The van der Waals surface area contributed by atoms with Crippen molar-refractivity contribution in [2.24, 2.45) is 7.05 Å². The molecule has 0 aliphatic carbocycles. The Morgan fingerprint density at radius 2 is 2.17 bits per heavy atom. The molecule has 0 aliphatic rings. The topological polar surface area (TPSA) is 47.7 Å². The summed E-state index contributed by atoms with van der Waals surface area (Å²) >= 11 is 0. The Hall–Kier alpha value is -1.76. The van der Waals surface area contributed by atoms with Gasteiger partial charge in [-0.1, -0.05) is 0 Å². The van der Waals surface area contributed by atoms with E-state index in [9.17, 15) is 8.78 Å². The number of alkyl halides is 2. The Bertz CT molecular complexity index is 517. The molecule has 0 atom stereocenters. The van der Waals surface area contributed by atoms with Crippen molar-refractivity contribution in [3.05, 3.63) is 35.7 Å². The Labute approximate surface area is 103 Å². The molecule has 0 bridgehead atoms. The summed E-state index contributed by atoms with van der Waals surface area (Å²) in [7, 11) is 1.86. The first-order valence-electron chi connectivity index (χ1n) is 5.57. The van der Waals surface area contributed by atoms with E-state index in [0.29, 0.717) is 18.9 Å². The van der Waals surface area contributed by atoms with Gasteiger partial charge in [-0.15, -0.1) is 0 Å². The van der Waals surface area contributed by atoms with Gasteiger partial charge in [0.25, 0.3) is 0 Å². The minimum absolute atomic E-state index is 0.297. The Kier molecular flexibility index (Phi) is 3.71. The first-order valence-corrected chi connectivity index (χ1v) is 5.57. The molecule has 98 valence electrons. The second-order valence-corrected chi connectivity index (χ2v) is 4.01. The van der Waals surface area contributed by atoms with Crippen molar-refractivity contribution in [2.45, 2.75) is 26.6 Å². The third-order valence-electron chi connectivity index (χ3n) is 2.89. The van der Waals surface area contributed by atoms with Gasteiger partial charge < -0.3 is 5.32 Å². The molecule has 1 N–H and O–H groups in total. The van der Waals surface area contributed by atoms with Gasteiger partial charge in [-0.3, -0.25) is 9.25 Å². The number of aromatic nitrogens is 4. The third kappa shape index (κ3) is 2.56. The number of nitrogens with one attached hydrogen (secondary N) is 1. The molecule has 0 aliphatic heterocycles. The maximum absolute atomic E-state index is 12.6. The third-order valence-corrected chi connectivity index (χ3v) is 2.89. The normalized spacial score (nSPS) is 11.4. The van der Waals surface area contributed by atoms with Gasteiger partial charge in [0.15, 0.2) is 0 Å². The highest BCUT2D eigenvalue weighted by atomic mass is 19.3. The van der Waals surface area contributed by atoms with E-state index in [1.807, 2.05) is 14.0 Å². The van der Waals surface area contributed by atoms with Crippen molar-refractivity contribution in [3.63, 3.8) is 0 Å². The van der Waals surface area contributed by atoms with Crippen LogP contribution in [0.3, 0.4) is 0 Å². The largest absolute Gasteiger partial charge is 0.319 e. The number of halogens is 2. The van der Waals surface area contributed by atoms with E-state index in [0.717, 1.165) is 15.8 Å². The molecule has 2 rings (SSSR count). The van der Waals surface area contributed by atoms with E-state index in [4.69, 9.17) is 0 Å². The number of aryl methyl sites for hydroxylation is 1. The lowest BCUT2D eigenvalue weighted by Crippen LogP contribution is -2.17. The minimum Gasteiger partial charge on any atom is -0.306 e. The van der Waals surface area contributed by atoms with Crippen molar-refractivity contribution in [1.82, 2.24) is 24.6 Å². The number of rotatable bonds is 5. The van der Waals surface area contributed by atoms with Gasteiger partial charge in [-0.2, -0.15) is 13.9 Å².